The maximum absolute atomic E-state index is 12.7. The van der Waals surface area contributed by atoms with Gasteiger partial charge in [0.05, 0.1) is 22.1 Å². The molecule has 150 valence electrons. The van der Waals surface area contributed by atoms with Crippen molar-refractivity contribution >= 4 is 40.4 Å². The van der Waals surface area contributed by atoms with Crippen molar-refractivity contribution < 1.29 is 9.59 Å². The molecule has 0 heterocycles. The Hall–Kier alpha value is -2.40. The fourth-order valence-corrected chi connectivity index (χ4v) is 3.08. The first-order chi connectivity index (χ1) is 13.2. The Balaban J connectivity index is 2.48. The van der Waals surface area contributed by atoms with E-state index in [1.54, 1.807) is 19.9 Å². The Kier molecular flexibility index (Phi) is 7.19. The van der Waals surface area contributed by atoms with Gasteiger partial charge in [-0.1, -0.05) is 32.4 Å². The second kappa shape index (κ2) is 9.20. The molecule has 0 fully saturated rings. The van der Waals surface area contributed by atoms with E-state index in [4.69, 9.17) is 11.6 Å². The van der Waals surface area contributed by atoms with Crippen LogP contribution in [0.1, 0.15) is 39.7 Å². The number of aliphatic imine (C=N–C) groups is 1. The molecule has 5 nitrogen and oxygen atoms in total. The molecule has 0 radical (unpaired) electrons. The minimum atomic E-state index is -0.253. The topological polar surface area (TPSA) is 61.8 Å². The minimum absolute atomic E-state index is 0.212. The molecular formula is C22H28ClN3O2. The van der Waals surface area contributed by atoms with Crippen molar-refractivity contribution in [3.05, 3.63) is 46.1 Å². The summed E-state index contributed by atoms with van der Waals surface area (Å²) in [4.78, 5) is 31.6. The van der Waals surface area contributed by atoms with Gasteiger partial charge in [-0.05, 0) is 50.1 Å². The molecule has 0 saturated carbocycles. The van der Waals surface area contributed by atoms with Crippen LogP contribution >= 0.6 is 11.6 Å². The van der Waals surface area contributed by atoms with Gasteiger partial charge in [0, 0.05) is 30.8 Å². The molecule has 1 aliphatic rings. The molecule has 0 unspecified atom stereocenters. The molecule has 0 aromatic heterocycles. The van der Waals surface area contributed by atoms with E-state index >= 15 is 0 Å². The van der Waals surface area contributed by atoms with Gasteiger partial charge in [0.1, 0.15) is 0 Å². The van der Waals surface area contributed by atoms with Crippen molar-refractivity contribution in [3.8, 4) is 0 Å². The average Bonchev–Trinajstić information content (AvgIpc) is 2.66. The highest BCUT2D eigenvalue weighted by molar-refractivity contribution is 6.49. The van der Waals surface area contributed by atoms with Crippen LogP contribution in [-0.4, -0.2) is 31.0 Å². The van der Waals surface area contributed by atoms with E-state index in [-0.39, 0.29) is 23.3 Å². The molecule has 1 aliphatic carbocycles. The van der Waals surface area contributed by atoms with Crippen LogP contribution in [0.5, 0.6) is 0 Å². The number of ketones is 1. The SMILES string of the molecule is CCC1=C(Cl)C(=Nc2ccc(N(C)CC)cc2C)C=C(NC(=O)C(C)C)C1=O. The van der Waals surface area contributed by atoms with Crippen LogP contribution in [0.3, 0.4) is 0 Å². The van der Waals surface area contributed by atoms with Crippen LogP contribution in [0.4, 0.5) is 11.4 Å². The third kappa shape index (κ3) is 4.71. The molecule has 2 rings (SSSR count). The van der Waals surface area contributed by atoms with Crippen LogP contribution in [0, 0.1) is 12.8 Å². The van der Waals surface area contributed by atoms with Crippen LogP contribution in [0.25, 0.3) is 0 Å². The highest BCUT2D eigenvalue weighted by atomic mass is 35.5. The Morgan fingerprint density at radius 2 is 1.96 bits per heavy atom. The summed E-state index contributed by atoms with van der Waals surface area (Å²) in [7, 11) is 2.03. The van der Waals surface area contributed by atoms with Gasteiger partial charge in [-0.2, -0.15) is 0 Å². The van der Waals surface area contributed by atoms with Crippen LogP contribution < -0.4 is 10.2 Å². The van der Waals surface area contributed by atoms with Gasteiger partial charge >= 0.3 is 0 Å². The third-order valence-corrected chi connectivity index (χ3v) is 5.18. The summed E-state index contributed by atoms with van der Waals surface area (Å²) in [6.45, 7) is 10.4. The highest BCUT2D eigenvalue weighted by Gasteiger charge is 2.27. The van der Waals surface area contributed by atoms with E-state index < -0.39 is 0 Å². The number of anilines is 1. The van der Waals surface area contributed by atoms with Crippen molar-refractivity contribution in [2.75, 3.05) is 18.5 Å². The standard InChI is InChI=1S/C22H28ClN3O2/c1-7-16-20(23)18(12-19(21(16)27)25-22(28)13(3)4)24-17-10-9-15(11-14(17)5)26(6)8-2/h9-13H,7-8H2,1-6H3,(H,25,28). The quantitative estimate of drug-likeness (QED) is 0.705. The van der Waals surface area contributed by atoms with E-state index in [0.29, 0.717) is 22.7 Å². The van der Waals surface area contributed by atoms with Gasteiger partial charge in [0.15, 0.2) is 0 Å². The number of benzene rings is 1. The molecular weight excluding hydrogens is 374 g/mol. The third-order valence-electron chi connectivity index (χ3n) is 4.76. The Morgan fingerprint density at radius 1 is 1.29 bits per heavy atom. The fourth-order valence-electron chi connectivity index (χ4n) is 2.76. The summed E-state index contributed by atoms with van der Waals surface area (Å²) in [5.41, 5.74) is 4.06. The second-order valence-corrected chi connectivity index (χ2v) is 7.54. The van der Waals surface area contributed by atoms with Crippen molar-refractivity contribution in [2.24, 2.45) is 10.9 Å². The fraction of sp³-hybridized carbons (Fsp3) is 0.409. The lowest BCUT2D eigenvalue weighted by Gasteiger charge is -2.20. The molecule has 1 aromatic rings. The Bertz CT molecular complexity index is 882. The lowest BCUT2D eigenvalue weighted by Crippen LogP contribution is -2.34. The van der Waals surface area contributed by atoms with Crippen molar-refractivity contribution in [2.45, 2.75) is 41.0 Å². The Labute approximate surface area is 172 Å². The monoisotopic (exact) mass is 401 g/mol. The largest absolute Gasteiger partial charge is 0.375 e. The summed E-state index contributed by atoms with van der Waals surface area (Å²) < 4.78 is 0. The zero-order valence-electron chi connectivity index (χ0n) is 17.4. The minimum Gasteiger partial charge on any atom is -0.375 e. The number of rotatable bonds is 6. The van der Waals surface area contributed by atoms with E-state index in [9.17, 15) is 9.59 Å². The Morgan fingerprint density at radius 3 is 2.50 bits per heavy atom. The molecule has 6 heteroatoms. The summed E-state index contributed by atoms with van der Waals surface area (Å²) in [6.07, 6.45) is 2.03. The van der Waals surface area contributed by atoms with Crippen molar-refractivity contribution in [1.82, 2.24) is 5.32 Å². The first kappa shape index (κ1) is 21.9. The molecule has 1 aromatic carbocycles. The molecule has 0 atom stereocenters. The second-order valence-electron chi connectivity index (χ2n) is 7.16. The van der Waals surface area contributed by atoms with Gasteiger partial charge in [-0.15, -0.1) is 0 Å². The molecule has 0 aliphatic heterocycles. The molecule has 0 bridgehead atoms. The molecule has 0 spiro atoms. The van der Waals surface area contributed by atoms with E-state index in [2.05, 4.69) is 28.2 Å². The van der Waals surface area contributed by atoms with Gasteiger partial charge in [0.2, 0.25) is 11.7 Å². The molecule has 1 N–H and O–H groups in total. The number of Topliss-reactive ketones (excluding diaryl/α,β-unsaturated/α-hetero) is 1. The predicted molar refractivity (Wildman–Crippen MR) is 116 cm³/mol. The number of hydrogen-bond acceptors (Lipinski definition) is 4. The van der Waals surface area contributed by atoms with E-state index in [0.717, 1.165) is 23.5 Å². The summed E-state index contributed by atoms with van der Waals surface area (Å²) in [5.74, 6) is -0.696. The van der Waals surface area contributed by atoms with Gasteiger partial charge in [0.25, 0.3) is 0 Å². The zero-order valence-corrected chi connectivity index (χ0v) is 18.1. The summed E-state index contributed by atoms with van der Waals surface area (Å²) >= 11 is 6.48. The van der Waals surface area contributed by atoms with Gasteiger partial charge in [-0.25, -0.2) is 4.99 Å². The lowest BCUT2D eigenvalue weighted by atomic mass is 9.97. The zero-order chi connectivity index (χ0) is 21.0. The number of amides is 1. The van der Waals surface area contributed by atoms with Gasteiger partial charge < -0.3 is 10.2 Å². The number of allylic oxidation sites excluding steroid dienone is 3. The van der Waals surface area contributed by atoms with Crippen molar-refractivity contribution in [3.63, 3.8) is 0 Å². The van der Waals surface area contributed by atoms with Crippen LogP contribution in [-0.2, 0) is 9.59 Å². The number of carbonyl (C=O) groups excluding carboxylic acids is 2. The first-order valence-electron chi connectivity index (χ1n) is 9.56. The predicted octanol–water partition coefficient (Wildman–Crippen LogP) is 4.67. The first-order valence-corrected chi connectivity index (χ1v) is 9.94. The number of carbonyl (C=O) groups is 2. The maximum Gasteiger partial charge on any atom is 0.227 e. The average molecular weight is 402 g/mol. The number of halogens is 1. The molecule has 0 saturated heterocycles. The number of aryl methyl sites for hydroxylation is 1. The maximum atomic E-state index is 12.7. The number of hydrogen-bond donors (Lipinski definition) is 1. The lowest BCUT2D eigenvalue weighted by molar-refractivity contribution is -0.124. The summed E-state index contributed by atoms with van der Waals surface area (Å²) in [5, 5.41) is 3.04. The van der Waals surface area contributed by atoms with Crippen LogP contribution in [0.2, 0.25) is 0 Å². The normalized spacial score (nSPS) is 15.9. The van der Waals surface area contributed by atoms with Gasteiger partial charge in [-0.3, -0.25) is 9.59 Å². The molecule has 28 heavy (non-hydrogen) atoms. The van der Waals surface area contributed by atoms with Crippen LogP contribution in [0.15, 0.2) is 45.6 Å². The summed E-state index contributed by atoms with van der Waals surface area (Å²) in [6, 6.07) is 6.02. The highest BCUT2D eigenvalue weighted by Crippen LogP contribution is 2.29. The van der Waals surface area contributed by atoms with E-state index in [1.165, 1.54) is 0 Å². The van der Waals surface area contributed by atoms with E-state index in [1.807, 2.05) is 33.0 Å². The van der Waals surface area contributed by atoms with Crippen molar-refractivity contribution in [1.29, 1.82) is 0 Å². The molecule has 1 amide bonds. The number of nitrogens with zero attached hydrogens (tertiary/aromatic N) is 2. The number of nitrogens with one attached hydrogen (secondary N) is 1. The smallest absolute Gasteiger partial charge is 0.227 e.